The second-order valence-corrected chi connectivity index (χ2v) is 7.31. The van der Waals surface area contributed by atoms with Gasteiger partial charge in [0.05, 0.1) is 12.1 Å². The third-order valence-corrected chi connectivity index (χ3v) is 5.26. The molecule has 2 heterocycles. The molecular weight excluding hydrogens is 342 g/mol. The third-order valence-electron chi connectivity index (χ3n) is 4.49. The molecule has 0 atom stereocenters. The second kappa shape index (κ2) is 6.77. The molecule has 0 spiro atoms. The lowest BCUT2D eigenvalue weighted by molar-refractivity contribution is -0.115. The molecule has 0 saturated heterocycles. The van der Waals surface area contributed by atoms with Crippen LogP contribution < -0.4 is 5.32 Å². The lowest BCUT2D eigenvalue weighted by Gasteiger charge is -2.08. The van der Waals surface area contributed by atoms with E-state index in [0.717, 1.165) is 27.5 Å². The summed E-state index contributed by atoms with van der Waals surface area (Å²) in [5, 5.41) is 4.98. The van der Waals surface area contributed by atoms with Gasteiger partial charge in [-0.3, -0.25) is 9.20 Å². The van der Waals surface area contributed by atoms with Crippen molar-refractivity contribution in [3.8, 4) is 11.3 Å². The van der Waals surface area contributed by atoms with Crippen molar-refractivity contribution in [3.05, 3.63) is 76.9 Å². The van der Waals surface area contributed by atoms with Gasteiger partial charge in [0.2, 0.25) is 5.91 Å². The van der Waals surface area contributed by atoms with Gasteiger partial charge in [0, 0.05) is 29.0 Å². The van der Waals surface area contributed by atoms with Crippen molar-refractivity contribution in [1.82, 2.24) is 9.38 Å². The largest absolute Gasteiger partial charge is 0.326 e. The van der Waals surface area contributed by atoms with Gasteiger partial charge in [0.25, 0.3) is 0 Å². The van der Waals surface area contributed by atoms with Crippen LogP contribution in [0.1, 0.15) is 16.7 Å². The molecule has 0 aliphatic carbocycles. The zero-order valence-electron chi connectivity index (χ0n) is 14.7. The Labute approximate surface area is 156 Å². The van der Waals surface area contributed by atoms with Crippen molar-refractivity contribution in [2.24, 2.45) is 0 Å². The number of carbonyl (C=O) groups is 1. The Morgan fingerprint density at radius 1 is 1.12 bits per heavy atom. The van der Waals surface area contributed by atoms with Gasteiger partial charge in [-0.25, -0.2) is 4.98 Å². The summed E-state index contributed by atoms with van der Waals surface area (Å²) in [7, 11) is 0. The number of imidazole rings is 1. The highest BCUT2D eigenvalue weighted by Crippen LogP contribution is 2.23. The first-order valence-electron chi connectivity index (χ1n) is 8.47. The highest BCUT2D eigenvalue weighted by Gasteiger charge is 2.08. The minimum Gasteiger partial charge on any atom is -0.326 e. The van der Waals surface area contributed by atoms with Crippen LogP contribution in [0, 0.1) is 13.8 Å². The summed E-state index contributed by atoms with van der Waals surface area (Å²) in [4.78, 5) is 17.9. The second-order valence-electron chi connectivity index (χ2n) is 6.44. The smallest absolute Gasteiger partial charge is 0.228 e. The summed E-state index contributed by atoms with van der Waals surface area (Å²) in [5.41, 5.74) is 6.24. The van der Waals surface area contributed by atoms with Crippen LogP contribution in [0.15, 0.2) is 60.2 Å². The topological polar surface area (TPSA) is 46.4 Å². The number of carbonyl (C=O) groups excluding carboxylic acids is 1. The van der Waals surface area contributed by atoms with Crippen molar-refractivity contribution in [3.63, 3.8) is 0 Å². The lowest BCUT2D eigenvalue weighted by Crippen LogP contribution is -2.14. The van der Waals surface area contributed by atoms with Gasteiger partial charge < -0.3 is 5.32 Å². The van der Waals surface area contributed by atoms with Crippen molar-refractivity contribution >= 4 is 27.9 Å². The van der Waals surface area contributed by atoms with Gasteiger partial charge in [-0.05, 0) is 42.7 Å². The Morgan fingerprint density at radius 2 is 1.92 bits per heavy atom. The summed E-state index contributed by atoms with van der Waals surface area (Å²) in [5.74, 6) is -0.0106. The molecule has 0 saturated carbocycles. The quantitative estimate of drug-likeness (QED) is 0.564. The van der Waals surface area contributed by atoms with Crippen LogP contribution in [0.5, 0.6) is 0 Å². The molecule has 2 aromatic heterocycles. The minimum absolute atomic E-state index is 0.0106. The Bertz CT molecular complexity index is 1050. The van der Waals surface area contributed by atoms with Gasteiger partial charge >= 0.3 is 0 Å². The number of aryl methyl sites for hydroxylation is 2. The monoisotopic (exact) mass is 361 g/mol. The molecule has 0 fully saturated rings. The molecule has 26 heavy (non-hydrogen) atoms. The normalized spacial score (nSPS) is 11.0. The number of benzene rings is 2. The lowest BCUT2D eigenvalue weighted by atomic mass is 10.0. The maximum absolute atomic E-state index is 12.3. The van der Waals surface area contributed by atoms with Crippen LogP contribution in [0.3, 0.4) is 0 Å². The van der Waals surface area contributed by atoms with E-state index in [4.69, 9.17) is 0 Å². The standard InChI is InChI=1S/C21H19N3OS/c1-14-3-4-16(11-15(14)2)12-20(25)22-18-7-5-17(6-8-18)19-13-24-9-10-26-21(24)23-19/h3-11,13H,12H2,1-2H3,(H,22,25). The summed E-state index contributed by atoms with van der Waals surface area (Å²) < 4.78 is 2.01. The first kappa shape index (κ1) is 16.5. The number of hydrogen-bond donors (Lipinski definition) is 1. The average Bonchev–Trinajstić information content (AvgIpc) is 3.21. The molecule has 4 aromatic rings. The van der Waals surface area contributed by atoms with Crippen LogP contribution in [-0.2, 0) is 11.2 Å². The molecular formula is C21H19N3OS. The summed E-state index contributed by atoms with van der Waals surface area (Å²) >= 11 is 1.61. The summed E-state index contributed by atoms with van der Waals surface area (Å²) in [6, 6.07) is 13.9. The van der Waals surface area contributed by atoms with E-state index in [0.29, 0.717) is 6.42 Å². The number of nitrogens with zero attached hydrogens (tertiary/aromatic N) is 2. The van der Waals surface area contributed by atoms with Crippen LogP contribution in [0.4, 0.5) is 5.69 Å². The maximum Gasteiger partial charge on any atom is 0.228 e. The Morgan fingerprint density at radius 3 is 2.65 bits per heavy atom. The van der Waals surface area contributed by atoms with Crippen LogP contribution in [-0.4, -0.2) is 15.3 Å². The highest BCUT2D eigenvalue weighted by atomic mass is 32.1. The number of fused-ring (bicyclic) bond motifs is 1. The van der Waals surface area contributed by atoms with E-state index >= 15 is 0 Å². The number of thiazole rings is 1. The van der Waals surface area contributed by atoms with Crippen molar-refractivity contribution in [2.75, 3.05) is 5.32 Å². The zero-order chi connectivity index (χ0) is 18.1. The van der Waals surface area contributed by atoms with Gasteiger partial charge in [-0.15, -0.1) is 11.3 Å². The van der Waals surface area contributed by atoms with E-state index in [9.17, 15) is 4.79 Å². The van der Waals surface area contributed by atoms with E-state index in [1.54, 1.807) is 11.3 Å². The van der Waals surface area contributed by atoms with Crippen LogP contribution in [0.2, 0.25) is 0 Å². The Hall–Kier alpha value is -2.92. The van der Waals surface area contributed by atoms with Crippen LogP contribution >= 0.6 is 11.3 Å². The number of anilines is 1. The fourth-order valence-corrected chi connectivity index (χ4v) is 3.59. The SMILES string of the molecule is Cc1ccc(CC(=O)Nc2ccc(-c3cn4ccsc4n3)cc2)cc1C. The van der Waals surface area contributed by atoms with Gasteiger partial charge in [0.1, 0.15) is 0 Å². The van der Waals surface area contributed by atoms with Gasteiger partial charge in [-0.2, -0.15) is 0 Å². The molecule has 4 nitrogen and oxygen atoms in total. The maximum atomic E-state index is 12.3. The fraction of sp³-hybridized carbons (Fsp3) is 0.143. The first-order valence-corrected chi connectivity index (χ1v) is 9.35. The third kappa shape index (κ3) is 3.39. The molecule has 0 unspecified atom stereocenters. The zero-order valence-corrected chi connectivity index (χ0v) is 15.5. The molecule has 4 rings (SSSR count). The number of amides is 1. The molecule has 0 radical (unpaired) electrons. The molecule has 1 N–H and O–H groups in total. The molecule has 0 aliphatic heterocycles. The van der Waals surface area contributed by atoms with Crippen molar-refractivity contribution in [1.29, 1.82) is 0 Å². The van der Waals surface area contributed by atoms with E-state index in [2.05, 4.69) is 36.3 Å². The van der Waals surface area contributed by atoms with E-state index in [1.165, 1.54) is 11.1 Å². The molecule has 0 aliphatic rings. The summed E-state index contributed by atoms with van der Waals surface area (Å²) in [6.45, 7) is 4.14. The predicted octanol–water partition coefficient (Wildman–Crippen LogP) is 4.86. The van der Waals surface area contributed by atoms with E-state index in [-0.39, 0.29) is 5.91 Å². The number of hydrogen-bond acceptors (Lipinski definition) is 3. The van der Waals surface area contributed by atoms with Gasteiger partial charge in [0.15, 0.2) is 4.96 Å². The van der Waals surface area contributed by atoms with Crippen molar-refractivity contribution in [2.45, 2.75) is 20.3 Å². The first-order chi connectivity index (χ1) is 12.6. The van der Waals surface area contributed by atoms with E-state index in [1.807, 2.05) is 52.5 Å². The van der Waals surface area contributed by atoms with Gasteiger partial charge in [-0.1, -0.05) is 30.3 Å². The molecule has 5 heteroatoms. The Kier molecular flexibility index (Phi) is 4.31. The molecule has 1 amide bonds. The number of nitrogens with one attached hydrogen (secondary N) is 1. The molecule has 0 bridgehead atoms. The van der Waals surface area contributed by atoms with Crippen LogP contribution in [0.25, 0.3) is 16.2 Å². The minimum atomic E-state index is -0.0106. The number of aromatic nitrogens is 2. The predicted molar refractivity (Wildman–Crippen MR) is 107 cm³/mol. The number of rotatable bonds is 4. The van der Waals surface area contributed by atoms with Crippen molar-refractivity contribution < 1.29 is 4.79 Å². The summed E-state index contributed by atoms with van der Waals surface area (Å²) in [6.07, 6.45) is 4.39. The highest BCUT2D eigenvalue weighted by molar-refractivity contribution is 7.15. The molecule has 130 valence electrons. The Balaban J connectivity index is 1.44. The van der Waals surface area contributed by atoms with E-state index < -0.39 is 0 Å². The fourth-order valence-electron chi connectivity index (χ4n) is 2.89. The average molecular weight is 361 g/mol. The molecule has 2 aromatic carbocycles.